The van der Waals surface area contributed by atoms with E-state index in [2.05, 4.69) is 16.0 Å². The molecule has 3 aromatic rings. The van der Waals surface area contributed by atoms with Gasteiger partial charge in [0.2, 0.25) is 10.0 Å². The van der Waals surface area contributed by atoms with Crippen LogP contribution in [-0.2, 0) is 10.0 Å². The third-order valence-corrected chi connectivity index (χ3v) is 7.72. The summed E-state index contributed by atoms with van der Waals surface area (Å²) in [5.41, 5.74) is 1.52. The zero-order valence-electron chi connectivity index (χ0n) is 18.1. The molecule has 0 bridgehead atoms. The molecule has 1 aliphatic rings. The minimum Gasteiger partial charge on any atom is -0.334 e. The molecular weight excluding hydrogens is 491 g/mol. The average molecular weight is 512 g/mol. The van der Waals surface area contributed by atoms with E-state index in [9.17, 15) is 26.9 Å². The minimum atomic E-state index is -4.74. The van der Waals surface area contributed by atoms with E-state index in [0.29, 0.717) is 28.6 Å². The van der Waals surface area contributed by atoms with Gasteiger partial charge in [0.15, 0.2) is 5.82 Å². The van der Waals surface area contributed by atoms with Crippen LogP contribution < -0.4 is 4.72 Å². The number of nitrogens with zero attached hydrogens (tertiary/aromatic N) is 4. The first-order valence-corrected chi connectivity index (χ1v) is 12.5. The third-order valence-electron chi connectivity index (χ3n) is 5.99. The number of rotatable bonds is 5. The highest BCUT2D eigenvalue weighted by atomic mass is 35.5. The second-order valence-corrected chi connectivity index (χ2v) is 10.4. The summed E-state index contributed by atoms with van der Waals surface area (Å²) in [6.45, 7) is 0.708. The number of nitrogens with one attached hydrogen (secondary N) is 1. The van der Waals surface area contributed by atoms with Crippen LogP contribution in [0, 0.1) is 11.3 Å². The number of fused-ring (bicyclic) bond motifs is 1. The summed E-state index contributed by atoms with van der Waals surface area (Å²) in [5, 5.41) is 11.1. The molecule has 1 aromatic carbocycles. The molecule has 0 amide bonds. The number of alkyl halides is 3. The van der Waals surface area contributed by atoms with Gasteiger partial charge < -0.3 is 4.57 Å². The molecule has 1 saturated carbocycles. The second kappa shape index (κ2) is 9.17. The Labute approximate surface area is 199 Å². The van der Waals surface area contributed by atoms with Gasteiger partial charge in [0.05, 0.1) is 23.5 Å². The van der Waals surface area contributed by atoms with Gasteiger partial charge in [-0.05, 0) is 38.0 Å². The highest BCUT2D eigenvalue weighted by Crippen LogP contribution is 2.40. The van der Waals surface area contributed by atoms with Gasteiger partial charge in [0.1, 0.15) is 22.7 Å². The molecule has 2 aromatic heterocycles. The van der Waals surface area contributed by atoms with Crippen molar-refractivity contribution in [2.75, 3.05) is 0 Å². The maximum Gasteiger partial charge on any atom is 0.404 e. The van der Waals surface area contributed by atoms with Crippen molar-refractivity contribution in [1.82, 2.24) is 19.3 Å². The second-order valence-electron chi connectivity index (χ2n) is 8.29. The largest absolute Gasteiger partial charge is 0.404 e. The van der Waals surface area contributed by atoms with Crippen LogP contribution in [0.25, 0.3) is 22.4 Å². The van der Waals surface area contributed by atoms with Crippen LogP contribution in [0.5, 0.6) is 0 Å². The Bertz CT molecular complexity index is 1360. The topological polar surface area (TPSA) is 101 Å². The summed E-state index contributed by atoms with van der Waals surface area (Å²) < 4.78 is 66.8. The summed E-state index contributed by atoms with van der Waals surface area (Å²) in [7, 11) is -4.50. The third kappa shape index (κ3) is 4.62. The minimum absolute atomic E-state index is 0.0770. The van der Waals surface area contributed by atoms with Gasteiger partial charge in [-0.25, -0.2) is 18.4 Å². The number of benzene rings is 1. The molecule has 1 fully saturated rings. The Morgan fingerprint density at radius 2 is 1.85 bits per heavy atom. The molecule has 0 radical (unpaired) electrons. The van der Waals surface area contributed by atoms with Crippen LogP contribution in [0.4, 0.5) is 13.2 Å². The molecule has 0 saturated heterocycles. The van der Waals surface area contributed by atoms with E-state index in [1.54, 1.807) is 22.9 Å². The fourth-order valence-corrected chi connectivity index (χ4v) is 5.56. The maximum atomic E-state index is 12.8. The van der Waals surface area contributed by atoms with E-state index < -0.39 is 27.1 Å². The highest BCUT2D eigenvalue weighted by molar-refractivity contribution is 7.89. The molecule has 1 N–H and O–H groups in total. The number of nitriles is 1. The smallest absolute Gasteiger partial charge is 0.334 e. The molecule has 1 aliphatic carbocycles. The van der Waals surface area contributed by atoms with E-state index in [1.807, 2.05) is 4.57 Å². The van der Waals surface area contributed by atoms with Gasteiger partial charge in [-0.1, -0.05) is 30.9 Å². The Morgan fingerprint density at radius 1 is 1.21 bits per heavy atom. The monoisotopic (exact) mass is 511 g/mol. The Morgan fingerprint density at radius 3 is 2.44 bits per heavy atom. The molecule has 180 valence electrons. The molecular formula is C22H21ClF3N5O2S. The maximum absolute atomic E-state index is 12.8. The van der Waals surface area contributed by atoms with Crippen LogP contribution in [0.1, 0.15) is 50.6 Å². The Kier molecular flexibility index (Phi) is 6.59. The first-order valence-electron chi connectivity index (χ1n) is 10.7. The van der Waals surface area contributed by atoms with E-state index in [1.165, 1.54) is 0 Å². The van der Waals surface area contributed by atoms with Crippen molar-refractivity contribution in [3.8, 4) is 17.6 Å². The number of hydrogen-bond donors (Lipinski definition) is 1. The lowest BCUT2D eigenvalue weighted by molar-refractivity contribution is -0.147. The van der Waals surface area contributed by atoms with Gasteiger partial charge in [-0.15, -0.1) is 0 Å². The zero-order chi connectivity index (χ0) is 24.7. The van der Waals surface area contributed by atoms with Crippen molar-refractivity contribution in [3.63, 3.8) is 0 Å². The number of halogens is 4. The first-order chi connectivity index (χ1) is 16.0. The quantitative estimate of drug-likeness (QED) is 0.497. The van der Waals surface area contributed by atoms with Crippen LogP contribution in [0.3, 0.4) is 0 Å². The van der Waals surface area contributed by atoms with Crippen LogP contribution in [0.15, 0.2) is 35.5 Å². The van der Waals surface area contributed by atoms with Crippen molar-refractivity contribution in [3.05, 3.63) is 41.2 Å². The molecule has 0 aliphatic heterocycles. The van der Waals surface area contributed by atoms with Crippen molar-refractivity contribution >= 4 is 32.5 Å². The number of sulfonamides is 1. The predicted molar refractivity (Wildman–Crippen MR) is 121 cm³/mol. The van der Waals surface area contributed by atoms with Gasteiger partial charge in [0, 0.05) is 16.5 Å². The van der Waals surface area contributed by atoms with Crippen molar-refractivity contribution in [1.29, 1.82) is 5.26 Å². The van der Waals surface area contributed by atoms with Crippen molar-refractivity contribution in [2.24, 2.45) is 0 Å². The summed E-state index contributed by atoms with van der Waals surface area (Å²) in [6, 6.07) is 5.21. The molecule has 34 heavy (non-hydrogen) atoms. The van der Waals surface area contributed by atoms with E-state index in [4.69, 9.17) is 11.6 Å². The molecule has 7 nitrogen and oxygen atoms in total. The molecule has 1 unspecified atom stereocenters. The van der Waals surface area contributed by atoms with E-state index >= 15 is 0 Å². The molecule has 12 heteroatoms. The zero-order valence-corrected chi connectivity index (χ0v) is 19.7. The van der Waals surface area contributed by atoms with Gasteiger partial charge in [-0.3, -0.25) is 0 Å². The molecule has 0 spiro atoms. The van der Waals surface area contributed by atoms with Gasteiger partial charge in [0.25, 0.3) is 0 Å². The average Bonchev–Trinajstić information content (AvgIpc) is 3.12. The lowest BCUT2D eigenvalue weighted by atomic mass is 9.95. The summed E-state index contributed by atoms with van der Waals surface area (Å²) in [6.07, 6.45) is 2.09. The molecule has 2 heterocycles. The molecule has 1 atom stereocenters. The summed E-state index contributed by atoms with van der Waals surface area (Å²) >= 11 is 6.24. The summed E-state index contributed by atoms with van der Waals surface area (Å²) in [5.74, 6) is 0.109. The lowest BCUT2D eigenvalue weighted by Gasteiger charge is -2.26. The fourth-order valence-electron chi connectivity index (χ4n) is 4.28. The number of hydrogen-bond acceptors (Lipinski definition) is 5. The van der Waals surface area contributed by atoms with E-state index in [0.717, 1.165) is 50.0 Å². The number of aromatic nitrogens is 3. The molecule has 4 rings (SSSR count). The SMILES string of the molecule is CC(NS(=O)(=O)c1cnc(-c2c(C#N)c3ccc(Cl)cc3n2C2CCCCC2)nc1)C(F)(F)F. The highest BCUT2D eigenvalue weighted by Gasteiger charge is 2.39. The van der Waals surface area contributed by atoms with Crippen LogP contribution in [-0.4, -0.2) is 35.2 Å². The lowest BCUT2D eigenvalue weighted by Crippen LogP contribution is -2.43. The van der Waals surface area contributed by atoms with Crippen molar-refractivity contribution < 1.29 is 21.6 Å². The van der Waals surface area contributed by atoms with Crippen LogP contribution >= 0.6 is 11.6 Å². The standard InChI is InChI=1S/C22H21ClF3N5O2S/c1-13(22(24,25)26)30-34(32,33)16-11-28-21(29-12-16)20-18(10-27)17-8-7-14(23)9-19(17)31(20)15-5-3-2-4-6-15/h7-9,11-13,15,30H,2-6H2,1H3. The first kappa shape index (κ1) is 24.4. The van der Waals surface area contributed by atoms with Gasteiger partial charge in [-0.2, -0.15) is 23.2 Å². The Hall–Kier alpha value is -2.68. The van der Waals surface area contributed by atoms with Crippen molar-refractivity contribution in [2.45, 2.75) is 62.2 Å². The normalized spacial score (nSPS) is 16.5. The summed E-state index contributed by atoms with van der Waals surface area (Å²) in [4.78, 5) is 7.79. The van der Waals surface area contributed by atoms with E-state index in [-0.39, 0.29) is 11.9 Å². The van der Waals surface area contributed by atoms with Crippen LogP contribution in [0.2, 0.25) is 5.02 Å². The van der Waals surface area contributed by atoms with Gasteiger partial charge >= 0.3 is 6.18 Å². The predicted octanol–water partition coefficient (Wildman–Crippen LogP) is 5.36. The fraction of sp³-hybridized carbons (Fsp3) is 0.409. The Balaban J connectivity index is 1.82.